The quantitative estimate of drug-likeness (QED) is 0.766. The lowest BCUT2D eigenvalue weighted by Crippen LogP contribution is -2.44. The van der Waals surface area contributed by atoms with Crippen molar-refractivity contribution in [3.05, 3.63) is 28.7 Å². The Hall–Kier alpha value is -1.60. The third-order valence-corrected chi connectivity index (χ3v) is 3.97. The average Bonchev–Trinajstić information content (AvgIpc) is 2.69. The number of nitrogens with one attached hydrogen (secondary N) is 2. The lowest BCUT2D eigenvalue weighted by Gasteiger charge is -2.20. The lowest BCUT2D eigenvalue weighted by atomic mass is 10.2. The molecule has 3 amide bonds. The minimum absolute atomic E-state index is 0.0163. The van der Waals surface area contributed by atoms with Gasteiger partial charge >= 0.3 is 6.03 Å². The van der Waals surface area contributed by atoms with Gasteiger partial charge in [-0.1, -0.05) is 15.9 Å². The molecule has 1 aromatic rings. The van der Waals surface area contributed by atoms with E-state index in [9.17, 15) is 9.59 Å². The van der Waals surface area contributed by atoms with Crippen molar-refractivity contribution in [3.8, 4) is 0 Å². The maximum absolute atomic E-state index is 12.1. The fourth-order valence-electron chi connectivity index (χ4n) is 2.40. The molecule has 21 heavy (non-hydrogen) atoms. The number of carbonyl (C=O) groups is 2. The van der Waals surface area contributed by atoms with E-state index < -0.39 is 12.1 Å². The van der Waals surface area contributed by atoms with Crippen molar-refractivity contribution < 1.29 is 14.7 Å². The second-order valence-corrected chi connectivity index (χ2v) is 5.91. The summed E-state index contributed by atoms with van der Waals surface area (Å²) in [4.78, 5) is 25.6. The van der Waals surface area contributed by atoms with Crippen LogP contribution in [0.2, 0.25) is 0 Å². The summed E-state index contributed by atoms with van der Waals surface area (Å²) in [6.07, 6.45) is 0.548. The summed E-state index contributed by atoms with van der Waals surface area (Å²) in [6, 6.07) is 6.24. The predicted octanol–water partition coefficient (Wildman–Crippen LogP) is 1.55. The Morgan fingerprint density at radius 1 is 1.43 bits per heavy atom. The van der Waals surface area contributed by atoms with Gasteiger partial charge in [0.05, 0.1) is 6.61 Å². The Kier molecular flexibility index (Phi) is 5.19. The van der Waals surface area contributed by atoms with E-state index in [2.05, 4.69) is 26.6 Å². The first-order chi connectivity index (χ1) is 10.0. The van der Waals surface area contributed by atoms with Crippen molar-refractivity contribution in [2.24, 2.45) is 0 Å². The van der Waals surface area contributed by atoms with Gasteiger partial charge in [0.2, 0.25) is 5.91 Å². The van der Waals surface area contributed by atoms with Gasteiger partial charge in [0.25, 0.3) is 0 Å². The number of aliphatic hydroxyl groups is 1. The van der Waals surface area contributed by atoms with Crippen molar-refractivity contribution in [1.82, 2.24) is 10.2 Å². The molecular formula is C14H18BrN3O3. The number of hydrogen-bond acceptors (Lipinski definition) is 3. The van der Waals surface area contributed by atoms with Crippen LogP contribution in [0.1, 0.15) is 13.3 Å². The highest BCUT2D eigenvalue weighted by Crippen LogP contribution is 2.19. The van der Waals surface area contributed by atoms with Gasteiger partial charge in [-0.05, 0) is 37.6 Å². The Balaban J connectivity index is 1.91. The van der Waals surface area contributed by atoms with Crippen LogP contribution >= 0.6 is 15.9 Å². The van der Waals surface area contributed by atoms with Crippen LogP contribution in [0.5, 0.6) is 0 Å². The minimum Gasteiger partial charge on any atom is -0.395 e. The molecule has 2 rings (SSSR count). The normalized spacial score (nSPS) is 21.5. The summed E-state index contributed by atoms with van der Waals surface area (Å²) >= 11 is 3.32. The van der Waals surface area contributed by atoms with Crippen molar-refractivity contribution >= 4 is 33.6 Å². The van der Waals surface area contributed by atoms with Gasteiger partial charge in [-0.3, -0.25) is 4.79 Å². The van der Waals surface area contributed by atoms with Crippen molar-refractivity contribution in [3.63, 3.8) is 0 Å². The number of β-amino-alcohol motifs (C(OH)–C–C–N with tert-alkyl or cyclic N) is 1. The van der Waals surface area contributed by atoms with E-state index in [1.807, 2.05) is 19.1 Å². The maximum atomic E-state index is 12.1. The summed E-state index contributed by atoms with van der Waals surface area (Å²) in [5.41, 5.74) is 0.654. The molecule has 1 fully saturated rings. The van der Waals surface area contributed by atoms with Crippen LogP contribution in [0.4, 0.5) is 10.5 Å². The first-order valence-corrected chi connectivity index (χ1v) is 7.55. The Morgan fingerprint density at radius 3 is 2.71 bits per heavy atom. The molecule has 1 heterocycles. The van der Waals surface area contributed by atoms with Gasteiger partial charge in [-0.15, -0.1) is 0 Å². The molecule has 114 valence electrons. The number of rotatable bonds is 4. The topological polar surface area (TPSA) is 81.7 Å². The molecule has 0 aliphatic carbocycles. The number of amides is 3. The van der Waals surface area contributed by atoms with Crippen LogP contribution in [-0.4, -0.2) is 47.2 Å². The summed E-state index contributed by atoms with van der Waals surface area (Å²) in [6.45, 7) is 2.13. The summed E-state index contributed by atoms with van der Waals surface area (Å²) < 4.78 is 0.924. The van der Waals surface area contributed by atoms with E-state index in [1.54, 1.807) is 17.0 Å². The number of carbonyl (C=O) groups excluding carboxylic acids is 2. The zero-order valence-corrected chi connectivity index (χ0v) is 13.3. The number of anilines is 1. The largest absolute Gasteiger partial charge is 0.395 e. The number of halogens is 1. The first-order valence-electron chi connectivity index (χ1n) is 6.75. The molecule has 6 nitrogen and oxygen atoms in total. The van der Waals surface area contributed by atoms with Crippen LogP contribution in [-0.2, 0) is 4.79 Å². The number of nitrogens with zero attached hydrogens (tertiary/aromatic N) is 1. The van der Waals surface area contributed by atoms with Crippen LogP contribution in [0, 0.1) is 0 Å². The fourth-order valence-corrected chi connectivity index (χ4v) is 2.67. The van der Waals surface area contributed by atoms with Gasteiger partial charge in [0, 0.05) is 22.7 Å². The lowest BCUT2D eigenvalue weighted by molar-refractivity contribution is -0.130. The molecule has 1 aliphatic rings. The molecule has 1 aliphatic heterocycles. The highest BCUT2D eigenvalue weighted by Gasteiger charge is 2.37. The van der Waals surface area contributed by atoms with Gasteiger partial charge in [0.15, 0.2) is 0 Å². The Labute approximate surface area is 131 Å². The zero-order chi connectivity index (χ0) is 15.4. The Morgan fingerprint density at radius 2 is 2.10 bits per heavy atom. The van der Waals surface area contributed by atoms with Crippen molar-refractivity contribution in [1.29, 1.82) is 0 Å². The fraction of sp³-hybridized carbons (Fsp3) is 0.429. The molecule has 0 aromatic heterocycles. The second kappa shape index (κ2) is 6.91. The molecule has 0 radical (unpaired) electrons. The second-order valence-electron chi connectivity index (χ2n) is 5.00. The number of likely N-dealkylation sites (tertiary alicyclic amines) is 1. The summed E-state index contributed by atoms with van der Waals surface area (Å²) in [5.74, 6) is -0.150. The van der Waals surface area contributed by atoms with Gasteiger partial charge in [-0.25, -0.2) is 4.79 Å². The average molecular weight is 356 g/mol. The first kappa shape index (κ1) is 15.8. The number of urea groups is 1. The highest BCUT2D eigenvalue weighted by molar-refractivity contribution is 9.10. The monoisotopic (exact) mass is 355 g/mol. The van der Waals surface area contributed by atoms with E-state index in [0.717, 1.165) is 4.47 Å². The molecule has 0 saturated carbocycles. The standard InChI is InChI=1S/C14H18BrN3O3/c1-9-8-12(13(20)18(9)6-7-19)17-14(21)16-11-4-2-10(15)3-5-11/h2-5,9,12,19H,6-8H2,1H3,(H2,16,17,21)/t9?,12-/m0/s1. The molecule has 3 N–H and O–H groups in total. The van der Waals surface area contributed by atoms with Gasteiger partial charge in [0.1, 0.15) is 6.04 Å². The molecule has 1 saturated heterocycles. The van der Waals surface area contributed by atoms with Gasteiger partial charge in [-0.2, -0.15) is 0 Å². The van der Waals surface area contributed by atoms with Crippen LogP contribution in [0.15, 0.2) is 28.7 Å². The predicted molar refractivity (Wildman–Crippen MR) is 83.0 cm³/mol. The third-order valence-electron chi connectivity index (χ3n) is 3.44. The zero-order valence-electron chi connectivity index (χ0n) is 11.7. The molecule has 7 heteroatoms. The van der Waals surface area contributed by atoms with Crippen LogP contribution in [0.25, 0.3) is 0 Å². The van der Waals surface area contributed by atoms with E-state index in [4.69, 9.17) is 5.11 Å². The van der Waals surface area contributed by atoms with Crippen molar-refractivity contribution in [2.75, 3.05) is 18.5 Å². The van der Waals surface area contributed by atoms with Crippen molar-refractivity contribution in [2.45, 2.75) is 25.4 Å². The highest BCUT2D eigenvalue weighted by atomic mass is 79.9. The van der Waals surface area contributed by atoms with E-state index in [1.165, 1.54) is 0 Å². The summed E-state index contributed by atoms with van der Waals surface area (Å²) in [5, 5.41) is 14.3. The van der Waals surface area contributed by atoms with Crippen LogP contribution in [0.3, 0.4) is 0 Å². The van der Waals surface area contributed by atoms with E-state index >= 15 is 0 Å². The minimum atomic E-state index is -0.540. The van der Waals surface area contributed by atoms with E-state index in [-0.39, 0.29) is 18.6 Å². The number of aliphatic hydroxyl groups excluding tert-OH is 1. The molecular weight excluding hydrogens is 338 g/mol. The van der Waals surface area contributed by atoms with Gasteiger partial charge < -0.3 is 20.6 Å². The Bertz CT molecular complexity index is 521. The smallest absolute Gasteiger partial charge is 0.319 e. The number of benzene rings is 1. The third kappa shape index (κ3) is 3.95. The molecule has 2 atom stereocenters. The molecule has 1 aromatic carbocycles. The molecule has 0 bridgehead atoms. The summed E-state index contributed by atoms with van der Waals surface area (Å²) in [7, 11) is 0. The SMILES string of the molecule is CC1C[C@H](NC(=O)Nc2ccc(Br)cc2)C(=O)N1CCO. The van der Waals surface area contributed by atoms with E-state index in [0.29, 0.717) is 18.7 Å². The molecule has 1 unspecified atom stereocenters. The maximum Gasteiger partial charge on any atom is 0.319 e. The molecule has 0 spiro atoms. The van der Waals surface area contributed by atoms with Crippen LogP contribution < -0.4 is 10.6 Å². The number of hydrogen-bond donors (Lipinski definition) is 3.